The Bertz CT molecular complexity index is 1000. The van der Waals surface area contributed by atoms with Gasteiger partial charge in [-0.25, -0.2) is 4.39 Å². The average Bonchev–Trinajstić information content (AvgIpc) is 2.63. The second-order valence-electron chi connectivity index (χ2n) is 6.16. The molecule has 0 aromatic heterocycles. The van der Waals surface area contributed by atoms with Crippen molar-refractivity contribution in [3.05, 3.63) is 91.6 Å². The van der Waals surface area contributed by atoms with Crippen molar-refractivity contribution in [2.75, 3.05) is 0 Å². The van der Waals surface area contributed by atoms with Crippen molar-refractivity contribution < 1.29 is 9.13 Å². The van der Waals surface area contributed by atoms with E-state index in [1.165, 1.54) is 11.6 Å². The van der Waals surface area contributed by atoms with Gasteiger partial charge in [0.2, 0.25) is 0 Å². The maximum Gasteiger partial charge on any atom is 0.142 e. The van der Waals surface area contributed by atoms with Gasteiger partial charge in [-0.1, -0.05) is 46.3 Å². The minimum atomic E-state index is -0.281. The summed E-state index contributed by atoms with van der Waals surface area (Å²) >= 11 is 7.03. The molecule has 3 aromatic rings. The second kappa shape index (κ2) is 8.81. The topological polar surface area (TPSA) is 21.6 Å². The largest absolute Gasteiger partial charge is 0.487 e. The third-order valence-corrected chi connectivity index (χ3v) is 5.33. The van der Waals surface area contributed by atoms with Crippen molar-refractivity contribution in [2.24, 2.45) is 4.99 Å². The molecular formula is C22H18Br2FNO. The van der Waals surface area contributed by atoms with E-state index in [1.54, 1.807) is 24.4 Å². The molecule has 0 aliphatic carbocycles. The normalized spacial score (nSPS) is 11.1. The molecule has 0 aliphatic heterocycles. The molecule has 0 spiro atoms. The summed E-state index contributed by atoms with van der Waals surface area (Å²) in [5.41, 5.74) is 4.54. The minimum Gasteiger partial charge on any atom is -0.487 e. The molecule has 2 nitrogen and oxygen atoms in total. The summed E-state index contributed by atoms with van der Waals surface area (Å²) in [5.74, 6) is 0.340. The number of aryl methyl sites for hydroxylation is 1. The van der Waals surface area contributed by atoms with Gasteiger partial charge < -0.3 is 4.74 Å². The summed E-state index contributed by atoms with van der Waals surface area (Å²) in [6, 6.07) is 16.4. The standard InChI is InChI=1S/C22H18Br2FNO/c1-14-6-5-9-21(15(14)2)26-12-17-10-18(23)11-19(24)22(17)27-13-16-7-3-4-8-20(16)25/h3-12H,13H2,1-2H3. The highest BCUT2D eigenvalue weighted by Gasteiger charge is 2.11. The second-order valence-corrected chi connectivity index (χ2v) is 7.93. The number of aliphatic imine (C=N–C) groups is 1. The Kier molecular flexibility index (Phi) is 6.45. The zero-order valence-corrected chi connectivity index (χ0v) is 18.1. The molecule has 5 heteroatoms. The van der Waals surface area contributed by atoms with Gasteiger partial charge in [0.25, 0.3) is 0 Å². The molecule has 0 saturated heterocycles. The fourth-order valence-electron chi connectivity index (χ4n) is 2.61. The fourth-order valence-corrected chi connectivity index (χ4v) is 3.98. The van der Waals surface area contributed by atoms with Crippen LogP contribution in [0.5, 0.6) is 5.75 Å². The molecular weight excluding hydrogens is 473 g/mol. The van der Waals surface area contributed by atoms with E-state index in [2.05, 4.69) is 56.8 Å². The molecule has 0 radical (unpaired) electrons. The molecule has 0 fully saturated rings. The minimum absolute atomic E-state index is 0.136. The van der Waals surface area contributed by atoms with Crippen LogP contribution in [0.15, 0.2) is 68.5 Å². The molecule has 0 N–H and O–H groups in total. The van der Waals surface area contributed by atoms with Crippen molar-refractivity contribution in [3.8, 4) is 5.75 Å². The lowest BCUT2D eigenvalue weighted by molar-refractivity contribution is 0.297. The Morgan fingerprint density at radius 3 is 2.59 bits per heavy atom. The molecule has 0 amide bonds. The Hall–Kier alpha value is -1.98. The number of ether oxygens (including phenoxy) is 1. The van der Waals surface area contributed by atoms with E-state index >= 15 is 0 Å². The number of halogens is 3. The molecule has 0 unspecified atom stereocenters. The molecule has 0 bridgehead atoms. The first-order chi connectivity index (χ1) is 13.0. The summed E-state index contributed by atoms with van der Waals surface area (Å²) < 4.78 is 21.5. The van der Waals surface area contributed by atoms with Crippen LogP contribution in [0.4, 0.5) is 10.1 Å². The lowest BCUT2D eigenvalue weighted by Gasteiger charge is -2.13. The van der Waals surface area contributed by atoms with E-state index in [9.17, 15) is 4.39 Å². The number of hydrogen-bond donors (Lipinski definition) is 0. The number of rotatable bonds is 5. The first-order valence-electron chi connectivity index (χ1n) is 8.41. The Morgan fingerprint density at radius 1 is 1.04 bits per heavy atom. The van der Waals surface area contributed by atoms with E-state index in [-0.39, 0.29) is 12.4 Å². The number of benzene rings is 3. The first-order valence-corrected chi connectivity index (χ1v) is 10.00. The molecule has 27 heavy (non-hydrogen) atoms. The first kappa shape index (κ1) is 19.8. The zero-order chi connectivity index (χ0) is 19.4. The van der Waals surface area contributed by atoms with Gasteiger partial charge in [-0.05, 0) is 65.2 Å². The number of nitrogens with zero attached hydrogens (tertiary/aromatic N) is 1. The molecule has 0 heterocycles. The molecule has 3 aromatic carbocycles. The molecule has 138 valence electrons. The van der Waals surface area contributed by atoms with Crippen LogP contribution < -0.4 is 4.74 Å². The van der Waals surface area contributed by atoms with E-state index in [1.807, 2.05) is 24.3 Å². The summed E-state index contributed by atoms with van der Waals surface area (Å²) in [7, 11) is 0. The lowest BCUT2D eigenvalue weighted by atomic mass is 10.1. The van der Waals surface area contributed by atoms with Gasteiger partial charge >= 0.3 is 0 Å². The monoisotopic (exact) mass is 489 g/mol. The number of hydrogen-bond acceptors (Lipinski definition) is 2. The van der Waals surface area contributed by atoms with Crippen LogP contribution in [0.2, 0.25) is 0 Å². The van der Waals surface area contributed by atoms with Gasteiger partial charge in [-0.2, -0.15) is 0 Å². The van der Waals surface area contributed by atoms with Crippen LogP contribution in [0.1, 0.15) is 22.3 Å². The Morgan fingerprint density at radius 2 is 1.81 bits per heavy atom. The van der Waals surface area contributed by atoms with Crippen molar-refractivity contribution >= 4 is 43.8 Å². The Balaban J connectivity index is 1.92. The molecule has 0 aliphatic rings. The van der Waals surface area contributed by atoms with E-state index in [0.717, 1.165) is 25.8 Å². The fraction of sp³-hybridized carbons (Fsp3) is 0.136. The van der Waals surface area contributed by atoms with Gasteiger partial charge in [0.15, 0.2) is 0 Å². The van der Waals surface area contributed by atoms with Crippen molar-refractivity contribution in [1.82, 2.24) is 0 Å². The third kappa shape index (κ3) is 4.85. The van der Waals surface area contributed by atoms with Crippen molar-refractivity contribution in [2.45, 2.75) is 20.5 Å². The average molecular weight is 491 g/mol. The smallest absolute Gasteiger partial charge is 0.142 e. The highest BCUT2D eigenvalue weighted by molar-refractivity contribution is 9.11. The predicted molar refractivity (Wildman–Crippen MR) is 116 cm³/mol. The van der Waals surface area contributed by atoms with Crippen LogP contribution in [-0.4, -0.2) is 6.21 Å². The van der Waals surface area contributed by atoms with Gasteiger partial charge in [0, 0.05) is 21.8 Å². The lowest BCUT2D eigenvalue weighted by Crippen LogP contribution is -2.01. The van der Waals surface area contributed by atoms with Gasteiger partial charge in [-0.3, -0.25) is 4.99 Å². The van der Waals surface area contributed by atoms with E-state index < -0.39 is 0 Å². The quantitative estimate of drug-likeness (QED) is 0.344. The molecule has 3 rings (SSSR count). The van der Waals surface area contributed by atoms with Crippen LogP contribution in [0.25, 0.3) is 0 Å². The Labute approximate surface area is 175 Å². The van der Waals surface area contributed by atoms with Crippen LogP contribution in [-0.2, 0) is 6.61 Å². The molecule has 0 saturated carbocycles. The van der Waals surface area contributed by atoms with Gasteiger partial charge in [-0.15, -0.1) is 0 Å². The third-order valence-electron chi connectivity index (χ3n) is 4.29. The van der Waals surface area contributed by atoms with Gasteiger partial charge in [0.05, 0.1) is 10.2 Å². The molecule has 0 atom stereocenters. The van der Waals surface area contributed by atoms with E-state index in [4.69, 9.17) is 4.74 Å². The highest BCUT2D eigenvalue weighted by Crippen LogP contribution is 2.33. The maximum absolute atomic E-state index is 13.9. The zero-order valence-electron chi connectivity index (χ0n) is 15.0. The van der Waals surface area contributed by atoms with Crippen LogP contribution >= 0.6 is 31.9 Å². The maximum atomic E-state index is 13.9. The van der Waals surface area contributed by atoms with Crippen molar-refractivity contribution in [1.29, 1.82) is 0 Å². The van der Waals surface area contributed by atoms with Crippen LogP contribution in [0, 0.1) is 19.7 Å². The summed E-state index contributed by atoms with van der Waals surface area (Å²) in [6.07, 6.45) is 1.77. The van der Waals surface area contributed by atoms with Crippen molar-refractivity contribution in [3.63, 3.8) is 0 Å². The van der Waals surface area contributed by atoms with Crippen LogP contribution in [0.3, 0.4) is 0 Å². The summed E-state index contributed by atoms with van der Waals surface area (Å²) in [6.45, 7) is 4.25. The SMILES string of the molecule is Cc1cccc(N=Cc2cc(Br)cc(Br)c2OCc2ccccc2F)c1C. The predicted octanol–water partition coefficient (Wildman–Crippen LogP) is 7.30. The van der Waals surface area contributed by atoms with E-state index in [0.29, 0.717) is 11.3 Å². The summed E-state index contributed by atoms with van der Waals surface area (Å²) in [5, 5.41) is 0. The van der Waals surface area contributed by atoms with Gasteiger partial charge in [0.1, 0.15) is 18.2 Å². The highest BCUT2D eigenvalue weighted by atomic mass is 79.9. The summed E-state index contributed by atoms with van der Waals surface area (Å²) in [4.78, 5) is 4.63.